The Balaban J connectivity index is 1.85. The lowest BCUT2D eigenvalue weighted by Crippen LogP contribution is -2.55. The summed E-state index contributed by atoms with van der Waals surface area (Å²) in [5, 5.41) is -0.197. The van der Waals surface area contributed by atoms with E-state index in [2.05, 4.69) is 9.88 Å². The predicted molar refractivity (Wildman–Crippen MR) is 115 cm³/mol. The molecule has 3 rings (SSSR count). The number of rotatable bonds is 8. The zero-order valence-corrected chi connectivity index (χ0v) is 19.4. The number of piperazine rings is 1. The topological polar surface area (TPSA) is 84.7 Å². The van der Waals surface area contributed by atoms with Crippen molar-refractivity contribution in [1.82, 2.24) is 19.4 Å². The molecule has 2 aliphatic rings. The van der Waals surface area contributed by atoms with Crippen LogP contribution in [0.3, 0.4) is 0 Å². The molecule has 1 saturated carbocycles. The zero-order chi connectivity index (χ0) is 21.7. The normalized spacial score (nSPS) is 22.4. The quantitative estimate of drug-likeness (QED) is 0.576. The molecule has 2 fully saturated rings. The fraction of sp³-hybridized carbons (Fsp3) is 0.810. The van der Waals surface area contributed by atoms with Crippen LogP contribution in [0.4, 0.5) is 0 Å². The van der Waals surface area contributed by atoms with E-state index in [9.17, 15) is 13.2 Å². The number of hydrogen-bond acceptors (Lipinski definition) is 6. The van der Waals surface area contributed by atoms with Crippen molar-refractivity contribution in [3.63, 3.8) is 0 Å². The summed E-state index contributed by atoms with van der Waals surface area (Å²) in [6.45, 7) is 7.43. The van der Waals surface area contributed by atoms with Gasteiger partial charge in [0.15, 0.2) is 0 Å². The van der Waals surface area contributed by atoms with Crippen LogP contribution in [0.2, 0.25) is 0 Å². The summed E-state index contributed by atoms with van der Waals surface area (Å²) in [5.74, 6) is 0.123. The maximum atomic E-state index is 13.4. The first-order valence-electron chi connectivity index (χ1n) is 11.2. The van der Waals surface area contributed by atoms with E-state index in [0.717, 1.165) is 37.9 Å². The molecule has 1 saturated heterocycles. The van der Waals surface area contributed by atoms with Crippen LogP contribution in [0.15, 0.2) is 11.4 Å². The lowest BCUT2D eigenvalue weighted by atomic mass is 10.1. The highest BCUT2D eigenvalue weighted by Crippen LogP contribution is 2.28. The fourth-order valence-corrected chi connectivity index (χ4v) is 6.55. The monoisotopic (exact) mass is 440 g/mol. The lowest BCUT2D eigenvalue weighted by molar-refractivity contribution is -0.141. The lowest BCUT2D eigenvalue weighted by Gasteiger charge is -2.38. The summed E-state index contributed by atoms with van der Waals surface area (Å²) < 4.78 is 33.9. The summed E-state index contributed by atoms with van der Waals surface area (Å²) in [6.07, 6.45) is 7.20. The molecule has 170 valence electrons. The van der Waals surface area contributed by atoms with Gasteiger partial charge in [-0.25, -0.2) is 13.4 Å². The summed E-state index contributed by atoms with van der Waals surface area (Å²) in [7, 11) is -1.89. The van der Waals surface area contributed by atoms with E-state index in [1.165, 1.54) is 0 Å². The summed E-state index contributed by atoms with van der Waals surface area (Å²) in [6, 6.07) is -0.230. The van der Waals surface area contributed by atoms with Crippen LogP contribution in [-0.2, 0) is 32.5 Å². The molecule has 1 atom stereocenters. The molecule has 1 aromatic heterocycles. The Bertz CT molecular complexity index is 815. The van der Waals surface area contributed by atoms with Crippen molar-refractivity contribution in [3.05, 3.63) is 11.9 Å². The van der Waals surface area contributed by atoms with Crippen molar-refractivity contribution < 1.29 is 17.9 Å². The number of ether oxygens (including phenoxy) is 1. The number of hydrogen-bond donors (Lipinski definition) is 0. The van der Waals surface area contributed by atoms with Crippen molar-refractivity contribution in [2.75, 3.05) is 33.4 Å². The number of likely N-dealkylation sites (N-methyl/N-ethyl adjacent to an activating group) is 1. The number of sulfone groups is 1. The van der Waals surface area contributed by atoms with E-state index >= 15 is 0 Å². The first-order valence-corrected chi connectivity index (χ1v) is 12.7. The smallest absolute Gasteiger partial charge is 0.239 e. The van der Waals surface area contributed by atoms with Crippen molar-refractivity contribution >= 4 is 15.7 Å². The zero-order valence-electron chi connectivity index (χ0n) is 18.5. The van der Waals surface area contributed by atoms with E-state index in [1.54, 1.807) is 17.9 Å². The molecule has 0 unspecified atom stereocenters. The van der Waals surface area contributed by atoms with E-state index < -0.39 is 9.84 Å². The number of amides is 1. The van der Waals surface area contributed by atoms with Gasteiger partial charge in [-0.2, -0.15) is 0 Å². The number of aromatic nitrogens is 2. The molecule has 0 N–H and O–H groups in total. The third-order valence-electron chi connectivity index (χ3n) is 6.54. The van der Waals surface area contributed by atoms with Crippen LogP contribution < -0.4 is 0 Å². The third kappa shape index (κ3) is 4.89. The number of carbonyl (C=O) groups excluding carboxylic acids is 1. The van der Waals surface area contributed by atoms with E-state index in [0.29, 0.717) is 45.6 Å². The highest BCUT2D eigenvalue weighted by molar-refractivity contribution is 7.91. The van der Waals surface area contributed by atoms with Gasteiger partial charge in [-0.15, -0.1) is 0 Å². The van der Waals surface area contributed by atoms with Crippen molar-refractivity contribution in [2.24, 2.45) is 0 Å². The van der Waals surface area contributed by atoms with Gasteiger partial charge >= 0.3 is 0 Å². The third-order valence-corrected chi connectivity index (χ3v) is 8.72. The average molecular weight is 441 g/mol. The molecule has 0 aromatic carbocycles. The fourth-order valence-electron chi connectivity index (χ4n) is 4.58. The van der Waals surface area contributed by atoms with Gasteiger partial charge in [0.25, 0.3) is 0 Å². The molecule has 1 amide bonds. The standard InChI is InChI=1S/C21H36N4O4S/c1-4-23-11-12-24(17(2)20(23)26)16-18-15-22-21(25(18)13-14-29-3)30(27,28)19-9-7-5-6-8-10-19/h15,17,19H,4-14,16H2,1-3H3/t17-/m0/s1. The SMILES string of the molecule is CCN1CCN(Cc2cnc(S(=O)(=O)C3CCCCCC3)n2CCOC)[C@@H](C)C1=O. The van der Waals surface area contributed by atoms with E-state index in [1.807, 2.05) is 18.7 Å². The van der Waals surface area contributed by atoms with Gasteiger partial charge in [-0.05, 0) is 26.7 Å². The number of carbonyl (C=O) groups is 1. The minimum absolute atomic E-state index is 0.123. The molecule has 2 heterocycles. The largest absolute Gasteiger partial charge is 0.383 e. The maximum Gasteiger partial charge on any atom is 0.239 e. The van der Waals surface area contributed by atoms with Gasteiger partial charge in [-0.1, -0.05) is 25.7 Å². The molecule has 0 radical (unpaired) electrons. The van der Waals surface area contributed by atoms with Gasteiger partial charge in [0, 0.05) is 39.8 Å². The van der Waals surface area contributed by atoms with Crippen molar-refractivity contribution in [1.29, 1.82) is 0 Å². The highest BCUT2D eigenvalue weighted by Gasteiger charge is 2.35. The Hall–Kier alpha value is -1.45. The van der Waals surface area contributed by atoms with Crippen LogP contribution >= 0.6 is 0 Å². The second-order valence-electron chi connectivity index (χ2n) is 8.40. The van der Waals surface area contributed by atoms with Crippen LogP contribution in [-0.4, -0.2) is 78.3 Å². The molecule has 1 aliphatic carbocycles. The van der Waals surface area contributed by atoms with Crippen molar-refractivity contribution in [3.8, 4) is 0 Å². The number of methoxy groups -OCH3 is 1. The van der Waals surface area contributed by atoms with E-state index in [4.69, 9.17) is 4.74 Å². The first kappa shape index (κ1) is 23.2. The minimum atomic E-state index is -3.50. The number of nitrogens with zero attached hydrogens (tertiary/aromatic N) is 4. The van der Waals surface area contributed by atoms with Crippen LogP contribution in [0, 0.1) is 0 Å². The Kier molecular flexibility index (Phi) is 7.92. The predicted octanol–water partition coefficient (Wildman–Crippen LogP) is 2.08. The highest BCUT2D eigenvalue weighted by atomic mass is 32.2. The Morgan fingerprint density at radius 1 is 1.17 bits per heavy atom. The van der Waals surface area contributed by atoms with Gasteiger partial charge in [0.05, 0.1) is 29.8 Å². The van der Waals surface area contributed by atoms with Crippen molar-refractivity contribution in [2.45, 2.75) is 81.9 Å². The van der Waals surface area contributed by atoms with Gasteiger partial charge in [0.1, 0.15) is 0 Å². The maximum absolute atomic E-state index is 13.4. The molecule has 9 heteroatoms. The van der Waals surface area contributed by atoms with Crippen LogP contribution in [0.1, 0.15) is 58.1 Å². The van der Waals surface area contributed by atoms with Gasteiger partial charge in [0.2, 0.25) is 20.9 Å². The second kappa shape index (κ2) is 10.2. The molecule has 0 bridgehead atoms. The molecular formula is C21H36N4O4S. The Labute approximate surface area is 180 Å². The molecular weight excluding hydrogens is 404 g/mol. The van der Waals surface area contributed by atoms with Gasteiger partial charge in [-0.3, -0.25) is 9.69 Å². The molecule has 1 aromatic rings. The second-order valence-corrected chi connectivity index (χ2v) is 10.5. The molecule has 0 spiro atoms. The summed E-state index contributed by atoms with van der Waals surface area (Å²) in [5.41, 5.74) is 0.823. The van der Waals surface area contributed by atoms with Gasteiger partial charge < -0.3 is 14.2 Å². The van der Waals surface area contributed by atoms with Crippen LogP contribution in [0.25, 0.3) is 0 Å². The molecule has 1 aliphatic heterocycles. The number of imidazole rings is 1. The minimum Gasteiger partial charge on any atom is -0.383 e. The summed E-state index contributed by atoms with van der Waals surface area (Å²) >= 11 is 0. The Morgan fingerprint density at radius 3 is 2.50 bits per heavy atom. The summed E-state index contributed by atoms with van der Waals surface area (Å²) in [4.78, 5) is 20.9. The molecule has 8 nitrogen and oxygen atoms in total. The molecule has 30 heavy (non-hydrogen) atoms. The first-order chi connectivity index (χ1) is 14.4. The Morgan fingerprint density at radius 2 is 1.87 bits per heavy atom. The van der Waals surface area contributed by atoms with Crippen LogP contribution in [0.5, 0.6) is 0 Å². The average Bonchev–Trinajstić information content (AvgIpc) is 2.94. The van der Waals surface area contributed by atoms with E-state index in [-0.39, 0.29) is 22.4 Å².